The number of likely N-dealkylation sites (tertiary alicyclic amines) is 2. The SMILES string of the molecule is O=C(c1ccc([N+](=O)[O-])cn1)N1CCC(N2CCC(n3c(=O)[nH]c4ccccc43)CC2)CC1. The molecule has 0 atom stereocenters. The summed E-state index contributed by atoms with van der Waals surface area (Å²) in [5.41, 5.74) is 1.92. The topological polar surface area (TPSA) is 117 Å². The van der Waals surface area contributed by atoms with Gasteiger partial charge in [-0.15, -0.1) is 0 Å². The molecule has 0 bridgehead atoms. The molecule has 4 heterocycles. The summed E-state index contributed by atoms with van der Waals surface area (Å²) in [6.45, 7) is 3.15. The predicted molar refractivity (Wildman–Crippen MR) is 122 cm³/mol. The second kappa shape index (κ2) is 8.78. The fourth-order valence-electron chi connectivity index (χ4n) is 5.16. The Morgan fingerprint density at radius 3 is 2.36 bits per heavy atom. The lowest BCUT2D eigenvalue weighted by Gasteiger charge is -2.41. The molecule has 0 aliphatic carbocycles. The van der Waals surface area contributed by atoms with Crippen LogP contribution < -0.4 is 5.69 Å². The van der Waals surface area contributed by atoms with E-state index in [-0.39, 0.29) is 29.0 Å². The van der Waals surface area contributed by atoms with Crippen molar-refractivity contribution in [2.45, 2.75) is 37.8 Å². The van der Waals surface area contributed by atoms with Crippen LogP contribution in [0.25, 0.3) is 11.0 Å². The molecular formula is C23H26N6O4. The number of para-hydroxylation sites is 2. The first-order valence-corrected chi connectivity index (χ1v) is 11.3. The maximum absolute atomic E-state index is 12.7. The molecule has 0 radical (unpaired) electrons. The minimum absolute atomic E-state index is 0.0404. The first kappa shape index (κ1) is 21.3. The fraction of sp³-hybridized carbons (Fsp3) is 0.435. The summed E-state index contributed by atoms with van der Waals surface area (Å²) in [7, 11) is 0. The Labute approximate surface area is 190 Å². The van der Waals surface area contributed by atoms with Gasteiger partial charge >= 0.3 is 5.69 Å². The number of hydrogen-bond donors (Lipinski definition) is 1. The monoisotopic (exact) mass is 450 g/mol. The predicted octanol–water partition coefficient (Wildman–Crippen LogP) is 2.57. The number of H-pyrrole nitrogens is 1. The van der Waals surface area contributed by atoms with E-state index >= 15 is 0 Å². The van der Waals surface area contributed by atoms with E-state index in [2.05, 4.69) is 14.9 Å². The number of aromatic nitrogens is 3. The Hall–Kier alpha value is -3.53. The third kappa shape index (κ3) is 4.13. The third-order valence-electron chi connectivity index (χ3n) is 6.93. The lowest BCUT2D eigenvalue weighted by molar-refractivity contribution is -0.385. The van der Waals surface area contributed by atoms with E-state index < -0.39 is 4.92 Å². The van der Waals surface area contributed by atoms with Crippen molar-refractivity contribution in [2.75, 3.05) is 26.2 Å². The molecular weight excluding hydrogens is 424 g/mol. The van der Waals surface area contributed by atoms with Crippen LogP contribution in [0.4, 0.5) is 5.69 Å². The third-order valence-corrected chi connectivity index (χ3v) is 6.93. The van der Waals surface area contributed by atoms with Gasteiger partial charge in [0.05, 0.1) is 16.0 Å². The Morgan fingerprint density at radius 1 is 1.00 bits per heavy atom. The van der Waals surface area contributed by atoms with Gasteiger partial charge in [-0.25, -0.2) is 9.78 Å². The molecule has 2 saturated heterocycles. The molecule has 1 aromatic carbocycles. The van der Waals surface area contributed by atoms with E-state index in [9.17, 15) is 19.7 Å². The number of imidazole rings is 1. The van der Waals surface area contributed by atoms with Gasteiger partial charge in [-0.05, 0) is 43.9 Å². The molecule has 2 aromatic heterocycles. The number of nitro groups is 1. The van der Waals surface area contributed by atoms with Crippen LogP contribution in [0.1, 0.15) is 42.2 Å². The zero-order chi connectivity index (χ0) is 22.9. The Morgan fingerprint density at radius 2 is 1.70 bits per heavy atom. The van der Waals surface area contributed by atoms with E-state index in [0.717, 1.165) is 56.0 Å². The van der Waals surface area contributed by atoms with Gasteiger partial charge in [0, 0.05) is 44.3 Å². The maximum atomic E-state index is 12.7. The number of piperidine rings is 2. The lowest BCUT2D eigenvalue weighted by Crippen LogP contribution is -2.49. The van der Waals surface area contributed by atoms with E-state index in [1.165, 1.54) is 12.1 Å². The summed E-state index contributed by atoms with van der Waals surface area (Å²) in [6, 6.07) is 11.2. The summed E-state index contributed by atoms with van der Waals surface area (Å²) in [6.07, 6.45) is 4.75. The lowest BCUT2D eigenvalue weighted by atomic mass is 9.97. The van der Waals surface area contributed by atoms with E-state index in [4.69, 9.17) is 0 Å². The first-order valence-electron chi connectivity index (χ1n) is 11.3. The van der Waals surface area contributed by atoms with Crippen LogP contribution in [0.5, 0.6) is 0 Å². The van der Waals surface area contributed by atoms with Crippen LogP contribution in [-0.4, -0.2) is 67.4 Å². The number of benzene rings is 1. The second-order valence-electron chi connectivity index (χ2n) is 8.77. The molecule has 2 aliphatic heterocycles. The molecule has 0 unspecified atom stereocenters. The van der Waals surface area contributed by atoms with E-state index in [1.54, 1.807) is 4.90 Å². The normalized spacial score (nSPS) is 18.6. The molecule has 33 heavy (non-hydrogen) atoms. The number of amides is 1. The fourth-order valence-corrected chi connectivity index (χ4v) is 5.16. The number of nitrogens with one attached hydrogen (secondary N) is 1. The number of aromatic amines is 1. The standard InChI is InChI=1S/C23H26N6O4/c30-22(20-6-5-18(15-24-20)29(32)33)27-13-7-16(8-14-27)26-11-9-17(10-12-26)28-21-4-2-1-3-19(21)25-23(28)31/h1-6,15-17H,7-14H2,(H,25,31). The number of carbonyl (C=O) groups excluding carboxylic acids is 1. The van der Waals surface area contributed by atoms with Gasteiger partial charge in [0.25, 0.3) is 11.6 Å². The van der Waals surface area contributed by atoms with Crippen molar-refractivity contribution in [3.63, 3.8) is 0 Å². The van der Waals surface area contributed by atoms with Crippen molar-refractivity contribution in [3.8, 4) is 0 Å². The van der Waals surface area contributed by atoms with Gasteiger partial charge in [0.1, 0.15) is 11.9 Å². The van der Waals surface area contributed by atoms with Crippen molar-refractivity contribution in [1.29, 1.82) is 0 Å². The molecule has 10 heteroatoms. The summed E-state index contributed by atoms with van der Waals surface area (Å²) in [4.78, 5) is 46.7. The molecule has 0 saturated carbocycles. The molecule has 2 fully saturated rings. The second-order valence-corrected chi connectivity index (χ2v) is 8.77. The minimum Gasteiger partial charge on any atom is -0.337 e. The molecule has 1 N–H and O–H groups in total. The van der Waals surface area contributed by atoms with Crippen LogP contribution in [0.15, 0.2) is 47.4 Å². The highest BCUT2D eigenvalue weighted by atomic mass is 16.6. The highest BCUT2D eigenvalue weighted by Crippen LogP contribution is 2.28. The average Bonchev–Trinajstić information content (AvgIpc) is 3.19. The van der Waals surface area contributed by atoms with Crippen molar-refractivity contribution in [1.82, 2.24) is 24.3 Å². The Bertz CT molecular complexity index is 1220. The molecule has 172 valence electrons. The number of hydrogen-bond acceptors (Lipinski definition) is 6. The van der Waals surface area contributed by atoms with Gasteiger partial charge < -0.3 is 14.8 Å². The summed E-state index contributed by atoms with van der Waals surface area (Å²) in [5, 5.41) is 10.8. The largest absolute Gasteiger partial charge is 0.337 e. The molecule has 0 spiro atoms. The zero-order valence-electron chi connectivity index (χ0n) is 18.2. The molecule has 3 aromatic rings. The maximum Gasteiger partial charge on any atom is 0.326 e. The van der Waals surface area contributed by atoms with Crippen LogP contribution in [0.2, 0.25) is 0 Å². The molecule has 10 nitrogen and oxygen atoms in total. The van der Waals surface area contributed by atoms with E-state index in [1.807, 2.05) is 28.8 Å². The summed E-state index contributed by atoms with van der Waals surface area (Å²) < 4.78 is 1.91. The first-order chi connectivity index (χ1) is 16.0. The molecule has 1 amide bonds. The zero-order valence-corrected chi connectivity index (χ0v) is 18.2. The number of carbonyl (C=O) groups is 1. The Kier molecular flexibility index (Phi) is 5.67. The Balaban J connectivity index is 1.16. The van der Waals surface area contributed by atoms with Gasteiger partial charge in [-0.3, -0.25) is 19.5 Å². The van der Waals surface area contributed by atoms with Gasteiger partial charge in [-0.1, -0.05) is 12.1 Å². The number of nitrogens with zero attached hydrogens (tertiary/aromatic N) is 5. The van der Waals surface area contributed by atoms with Crippen molar-refractivity contribution in [3.05, 3.63) is 68.9 Å². The smallest absolute Gasteiger partial charge is 0.326 e. The summed E-state index contributed by atoms with van der Waals surface area (Å²) >= 11 is 0. The van der Waals surface area contributed by atoms with E-state index in [0.29, 0.717) is 19.1 Å². The van der Waals surface area contributed by atoms with Gasteiger partial charge in [0.15, 0.2) is 0 Å². The van der Waals surface area contributed by atoms with Crippen LogP contribution in [0, 0.1) is 10.1 Å². The van der Waals surface area contributed by atoms with Crippen LogP contribution in [0.3, 0.4) is 0 Å². The average molecular weight is 450 g/mol. The van der Waals surface area contributed by atoms with Crippen molar-refractivity contribution < 1.29 is 9.72 Å². The van der Waals surface area contributed by atoms with Gasteiger partial charge in [0.2, 0.25) is 0 Å². The number of rotatable bonds is 4. The van der Waals surface area contributed by atoms with Crippen LogP contribution in [-0.2, 0) is 0 Å². The number of pyridine rings is 1. The molecule has 2 aliphatic rings. The van der Waals surface area contributed by atoms with Crippen molar-refractivity contribution >= 4 is 22.6 Å². The number of fused-ring (bicyclic) bond motifs is 1. The van der Waals surface area contributed by atoms with Crippen molar-refractivity contribution in [2.24, 2.45) is 0 Å². The minimum atomic E-state index is -0.523. The molecule has 5 rings (SSSR count). The highest BCUT2D eigenvalue weighted by Gasteiger charge is 2.31. The van der Waals surface area contributed by atoms with Crippen LogP contribution >= 0.6 is 0 Å². The quantitative estimate of drug-likeness (QED) is 0.482. The highest BCUT2D eigenvalue weighted by molar-refractivity contribution is 5.92. The summed E-state index contributed by atoms with van der Waals surface area (Å²) in [5.74, 6) is -0.180. The van der Waals surface area contributed by atoms with Gasteiger partial charge in [-0.2, -0.15) is 0 Å².